The number of nitrogens with zero attached hydrogens (tertiary/aromatic N) is 2. The highest BCUT2D eigenvalue weighted by molar-refractivity contribution is 5.96. The van der Waals surface area contributed by atoms with Gasteiger partial charge in [-0.2, -0.15) is 0 Å². The van der Waals surface area contributed by atoms with E-state index >= 15 is 0 Å². The van der Waals surface area contributed by atoms with E-state index in [1.54, 1.807) is 4.90 Å². The average Bonchev–Trinajstić information content (AvgIpc) is 2.81. The number of carbonyl (C=O) groups is 2. The molecule has 158 valence electrons. The van der Waals surface area contributed by atoms with Crippen LogP contribution >= 0.6 is 0 Å². The first-order chi connectivity index (χ1) is 15.0. The zero-order valence-electron chi connectivity index (χ0n) is 16.9. The smallest absolute Gasteiger partial charge is 0.270 e. The van der Waals surface area contributed by atoms with Gasteiger partial charge in [-0.25, -0.2) is 0 Å². The second-order valence-corrected chi connectivity index (χ2v) is 7.03. The standard InChI is InChI=1S/C24H23N3O4/c28-23(17-25-24(29)21-12-7-13-22(16-21)27(30)31)26(18-20-10-5-2-6-11-20)15-14-19-8-3-1-4-9-19/h1-13,16H,14-15,17-18H2,(H,25,29). The van der Waals surface area contributed by atoms with Crippen molar-refractivity contribution in [1.29, 1.82) is 0 Å². The fraction of sp³-hybridized carbons (Fsp3) is 0.167. The van der Waals surface area contributed by atoms with Crippen molar-refractivity contribution in [2.24, 2.45) is 0 Å². The third kappa shape index (κ3) is 6.50. The Morgan fingerprint density at radius 2 is 1.52 bits per heavy atom. The molecular weight excluding hydrogens is 394 g/mol. The van der Waals surface area contributed by atoms with Crippen molar-refractivity contribution in [2.45, 2.75) is 13.0 Å². The summed E-state index contributed by atoms with van der Waals surface area (Å²) < 4.78 is 0. The quantitative estimate of drug-likeness (QED) is 0.425. The van der Waals surface area contributed by atoms with E-state index in [2.05, 4.69) is 5.32 Å². The zero-order chi connectivity index (χ0) is 22.1. The molecule has 0 aliphatic heterocycles. The van der Waals surface area contributed by atoms with E-state index in [4.69, 9.17) is 0 Å². The van der Waals surface area contributed by atoms with Gasteiger partial charge in [-0.15, -0.1) is 0 Å². The minimum Gasteiger partial charge on any atom is -0.343 e. The molecule has 0 fully saturated rings. The molecule has 7 nitrogen and oxygen atoms in total. The molecule has 3 rings (SSSR count). The maximum absolute atomic E-state index is 12.9. The van der Waals surface area contributed by atoms with Gasteiger partial charge in [-0.1, -0.05) is 66.7 Å². The van der Waals surface area contributed by atoms with Crippen LogP contribution < -0.4 is 5.32 Å². The zero-order valence-corrected chi connectivity index (χ0v) is 16.9. The predicted octanol–water partition coefficient (Wildman–Crippen LogP) is 3.60. The summed E-state index contributed by atoms with van der Waals surface area (Å²) in [5, 5.41) is 13.5. The molecule has 0 aromatic heterocycles. The molecule has 0 aliphatic carbocycles. The van der Waals surface area contributed by atoms with Crippen LogP contribution in [0.2, 0.25) is 0 Å². The molecule has 7 heteroatoms. The summed E-state index contributed by atoms with van der Waals surface area (Å²) in [7, 11) is 0. The number of nitro groups is 1. The number of nitro benzene ring substituents is 1. The van der Waals surface area contributed by atoms with Crippen molar-refractivity contribution in [3.63, 3.8) is 0 Å². The molecule has 0 unspecified atom stereocenters. The number of carbonyl (C=O) groups excluding carboxylic acids is 2. The Kier molecular flexibility index (Phi) is 7.48. The highest BCUT2D eigenvalue weighted by Gasteiger charge is 2.17. The molecule has 0 aliphatic rings. The molecule has 0 bridgehead atoms. The van der Waals surface area contributed by atoms with Gasteiger partial charge >= 0.3 is 0 Å². The van der Waals surface area contributed by atoms with E-state index in [-0.39, 0.29) is 23.7 Å². The van der Waals surface area contributed by atoms with Crippen LogP contribution in [0.15, 0.2) is 84.9 Å². The maximum Gasteiger partial charge on any atom is 0.270 e. The van der Waals surface area contributed by atoms with Crippen LogP contribution in [0.5, 0.6) is 0 Å². The summed E-state index contributed by atoms with van der Waals surface area (Å²) in [5.41, 5.74) is 2.08. The van der Waals surface area contributed by atoms with Crippen LogP contribution in [0.1, 0.15) is 21.5 Å². The molecule has 0 spiro atoms. The fourth-order valence-electron chi connectivity index (χ4n) is 3.13. The van der Waals surface area contributed by atoms with E-state index in [1.165, 1.54) is 24.3 Å². The summed E-state index contributed by atoms with van der Waals surface area (Å²) in [5.74, 6) is -0.752. The van der Waals surface area contributed by atoms with Gasteiger partial charge in [0.25, 0.3) is 11.6 Å². The highest BCUT2D eigenvalue weighted by Crippen LogP contribution is 2.13. The lowest BCUT2D eigenvalue weighted by Crippen LogP contribution is -2.40. The third-order valence-corrected chi connectivity index (χ3v) is 4.80. The van der Waals surface area contributed by atoms with Crippen LogP contribution in [-0.2, 0) is 17.8 Å². The van der Waals surface area contributed by atoms with Crippen LogP contribution in [0.4, 0.5) is 5.69 Å². The monoisotopic (exact) mass is 417 g/mol. The van der Waals surface area contributed by atoms with Gasteiger partial charge < -0.3 is 10.2 Å². The van der Waals surface area contributed by atoms with Crippen molar-refractivity contribution in [2.75, 3.05) is 13.1 Å². The Labute approximate surface area is 180 Å². The molecule has 0 atom stereocenters. The van der Waals surface area contributed by atoms with Gasteiger partial charge in [-0.05, 0) is 23.6 Å². The molecule has 0 radical (unpaired) electrons. The van der Waals surface area contributed by atoms with E-state index in [0.717, 1.165) is 11.1 Å². The third-order valence-electron chi connectivity index (χ3n) is 4.80. The number of hydrogen-bond donors (Lipinski definition) is 1. The highest BCUT2D eigenvalue weighted by atomic mass is 16.6. The Balaban J connectivity index is 1.64. The summed E-state index contributed by atoms with van der Waals surface area (Å²) in [6.07, 6.45) is 0.693. The first-order valence-electron chi connectivity index (χ1n) is 9.91. The number of non-ortho nitro benzene ring substituents is 1. The van der Waals surface area contributed by atoms with Crippen LogP contribution in [-0.4, -0.2) is 34.7 Å². The molecule has 3 aromatic rings. The molecule has 1 N–H and O–H groups in total. The van der Waals surface area contributed by atoms with Crippen molar-refractivity contribution in [3.05, 3.63) is 112 Å². The number of benzene rings is 3. The average molecular weight is 417 g/mol. The SMILES string of the molecule is O=C(NCC(=O)N(CCc1ccccc1)Cc1ccccc1)c1cccc([N+](=O)[O-])c1. The van der Waals surface area contributed by atoms with Crippen molar-refractivity contribution in [1.82, 2.24) is 10.2 Å². The van der Waals surface area contributed by atoms with Crippen molar-refractivity contribution >= 4 is 17.5 Å². The van der Waals surface area contributed by atoms with E-state index in [0.29, 0.717) is 19.5 Å². The van der Waals surface area contributed by atoms with Gasteiger partial charge in [0.1, 0.15) is 0 Å². The second kappa shape index (κ2) is 10.7. The predicted molar refractivity (Wildman–Crippen MR) is 117 cm³/mol. The summed E-state index contributed by atoms with van der Waals surface area (Å²) in [6.45, 7) is 0.743. The normalized spacial score (nSPS) is 10.3. The van der Waals surface area contributed by atoms with Crippen molar-refractivity contribution < 1.29 is 14.5 Å². The first-order valence-corrected chi connectivity index (χ1v) is 9.91. The minimum atomic E-state index is -0.562. The molecule has 2 amide bonds. The first kappa shape index (κ1) is 21.7. The van der Waals surface area contributed by atoms with Gasteiger partial charge in [0.15, 0.2) is 0 Å². The summed E-state index contributed by atoms with van der Waals surface area (Å²) >= 11 is 0. The number of amides is 2. The Bertz CT molecular complexity index is 1040. The van der Waals surface area contributed by atoms with Gasteiger partial charge in [0.2, 0.25) is 5.91 Å². The summed E-state index contributed by atoms with van der Waals surface area (Å²) in [6, 6.07) is 24.9. The van der Waals surface area contributed by atoms with Crippen LogP contribution in [0.3, 0.4) is 0 Å². The molecule has 0 saturated heterocycles. The topological polar surface area (TPSA) is 92.6 Å². The molecule has 31 heavy (non-hydrogen) atoms. The lowest BCUT2D eigenvalue weighted by Gasteiger charge is -2.23. The van der Waals surface area contributed by atoms with Gasteiger partial charge in [-0.3, -0.25) is 19.7 Å². The van der Waals surface area contributed by atoms with Crippen molar-refractivity contribution in [3.8, 4) is 0 Å². The number of hydrogen-bond acceptors (Lipinski definition) is 4. The van der Waals surface area contributed by atoms with E-state index < -0.39 is 10.8 Å². The number of rotatable bonds is 9. The Morgan fingerprint density at radius 3 is 2.16 bits per heavy atom. The maximum atomic E-state index is 12.9. The molecule has 0 saturated carbocycles. The Hall–Kier alpha value is -4.00. The molecular formula is C24H23N3O4. The lowest BCUT2D eigenvalue weighted by molar-refractivity contribution is -0.384. The van der Waals surface area contributed by atoms with Crippen LogP contribution in [0.25, 0.3) is 0 Å². The van der Waals surface area contributed by atoms with Crippen LogP contribution in [0, 0.1) is 10.1 Å². The molecule has 0 heterocycles. The summed E-state index contributed by atoms with van der Waals surface area (Å²) in [4.78, 5) is 37.3. The van der Waals surface area contributed by atoms with E-state index in [1.807, 2.05) is 60.7 Å². The van der Waals surface area contributed by atoms with Gasteiger partial charge in [0.05, 0.1) is 11.5 Å². The minimum absolute atomic E-state index is 0.140. The lowest BCUT2D eigenvalue weighted by atomic mass is 10.1. The fourth-order valence-corrected chi connectivity index (χ4v) is 3.13. The largest absolute Gasteiger partial charge is 0.343 e. The number of nitrogens with one attached hydrogen (secondary N) is 1. The molecule has 3 aromatic carbocycles. The Morgan fingerprint density at radius 1 is 0.871 bits per heavy atom. The van der Waals surface area contributed by atoms with Gasteiger partial charge in [0, 0.05) is 30.8 Å². The second-order valence-electron chi connectivity index (χ2n) is 7.03. The van der Waals surface area contributed by atoms with E-state index in [9.17, 15) is 19.7 Å².